The second-order valence-electron chi connectivity index (χ2n) is 6.91. The number of anilines is 1. The molecule has 3 rings (SSSR count). The Morgan fingerprint density at radius 2 is 1.77 bits per heavy atom. The summed E-state index contributed by atoms with van der Waals surface area (Å²) in [5.74, 6) is 1.89. The van der Waals surface area contributed by atoms with Crippen molar-refractivity contribution in [3.8, 4) is 17.2 Å². The molecular weight excluding hydrogens is 386 g/mol. The first-order chi connectivity index (χ1) is 14.5. The number of para-hydroxylation sites is 1. The minimum Gasteiger partial charge on any atom is -0.496 e. The highest BCUT2D eigenvalue weighted by Gasteiger charge is 2.32. The molecule has 0 aromatic heterocycles. The summed E-state index contributed by atoms with van der Waals surface area (Å²) in [6, 6.07) is 12.5. The lowest BCUT2D eigenvalue weighted by Crippen LogP contribution is -2.43. The molecule has 2 aromatic carbocycles. The Kier molecular flexibility index (Phi) is 7.00. The number of hydrogen-bond donors (Lipinski definition) is 2. The zero-order valence-electron chi connectivity index (χ0n) is 17.4. The molecule has 2 N–H and O–H groups in total. The van der Waals surface area contributed by atoms with Crippen LogP contribution in [0.2, 0.25) is 0 Å². The molecule has 3 amide bonds. The number of benzene rings is 2. The highest BCUT2D eigenvalue weighted by molar-refractivity contribution is 5.97. The summed E-state index contributed by atoms with van der Waals surface area (Å²) in [5.41, 5.74) is 1.73. The van der Waals surface area contributed by atoms with Crippen molar-refractivity contribution in [1.29, 1.82) is 0 Å². The number of carbonyl (C=O) groups is 2. The van der Waals surface area contributed by atoms with Crippen molar-refractivity contribution >= 4 is 17.6 Å². The van der Waals surface area contributed by atoms with Crippen LogP contribution in [0.3, 0.4) is 0 Å². The summed E-state index contributed by atoms with van der Waals surface area (Å²) >= 11 is 0. The van der Waals surface area contributed by atoms with Gasteiger partial charge < -0.3 is 29.7 Å². The fourth-order valence-electron chi connectivity index (χ4n) is 3.50. The molecule has 1 atom stereocenters. The van der Waals surface area contributed by atoms with Crippen LogP contribution in [0.5, 0.6) is 17.2 Å². The number of carbonyl (C=O) groups excluding carboxylic acids is 2. The van der Waals surface area contributed by atoms with E-state index in [-0.39, 0.29) is 24.4 Å². The molecule has 1 aliphatic heterocycles. The van der Waals surface area contributed by atoms with E-state index in [0.717, 1.165) is 11.3 Å². The Hall–Kier alpha value is -3.42. The average Bonchev–Trinajstić information content (AvgIpc) is 3.13. The molecule has 1 heterocycles. The Balaban J connectivity index is 1.52. The van der Waals surface area contributed by atoms with Gasteiger partial charge in [0.2, 0.25) is 5.91 Å². The quantitative estimate of drug-likeness (QED) is 0.694. The van der Waals surface area contributed by atoms with Gasteiger partial charge in [0.05, 0.1) is 27.4 Å². The molecule has 0 spiro atoms. The van der Waals surface area contributed by atoms with E-state index in [1.54, 1.807) is 44.4 Å². The van der Waals surface area contributed by atoms with Crippen LogP contribution in [0.25, 0.3) is 0 Å². The molecule has 30 heavy (non-hydrogen) atoms. The van der Waals surface area contributed by atoms with Gasteiger partial charge in [0.15, 0.2) is 11.5 Å². The van der Waals surface area contributed by atoms with Crippen molar-refractivity contribution < 1.29 is 23.8 Å². The molecule has 1 aliphatic rings. The van der Waals surface area contributed by atoms with Crippen LogP contribution in [-0.2, 0) is 11.2 Å². The lowest BCUT2D eigenvalue weighted by Gasteiger charge is -2.19. The van der Waals surface area contributed by atoms with Crippen molar-refractivity contribution in [1.82, 2.24) is 10.6 Å². The lowest BCUT2D eigenvalue weighted by atomic mass is 10.1. The molecule has 1 unspecified atom stereocenters. The normalized spacial score (nSPS) is 15.6. The van der Waals surface area contributed by atoms with E-state index in [0.29, 0.717) is 36.7 Å². The second kappa shape index (κ2) is 9.87. The molecular formula is C22H27N3O5. The van der Waals surface area contributed by atoms with Crippen LogP contribution in [-0.4, -0.2) is 52.4 Å². The van der Waals surface area contributed by atoms with Crippen LogP contribution < -0.4 is 29.7 Å². The summed E-state index contributed by atoms with van der Waals surface area (Å²) in [6.45, 7) is 0.862. The maximum Gasteiger partial charge on any atom is 0.315 e. The van der Waals surface area contributed by atoms with Crippen LogP contribution in [0.1, 0.15) is 12.0 Å². The molecule has 1 fully saturated rings. The maximum absolute atomic E-state index is 12.5. The fraction of sp³-hybridized carbons (Fsp3) is 0.364. The first-order valence-corrected chi connectivity index (χ1v) is 9.74. The van der Waals surface area contributed by atoms with Gasteiger partial charge in [-0.05, 0) is 30.2 Å². The molecule has 8 heteroatoms. The van der Waals surface area contributed by atoms with Crippen molar-refractivity contribution in [2.45, 2.75) is 18.9 Å². The average molecular weight is 413 g/mol. The first kappa shape index (κ1) is 21.3. The summed E-state index contributed by atoms with van der Waals surface area (Å²) < 4.78 is 15.9. The van der Waals surface area contributed by atoms with Gasteiger partial charge in [0, 0.05) is 31.3 Å². The van der Waals surface area contributed by atoms with Crippen molar-refractivity contribution in [3.63, 3.8) is 0 Å². The van der Waals surface area contributed by atoms with Crippen LogP contribution >= 0.6 is 0 Å². The Morgan fingerprint density at radius 3 is 2.50 bits per heavy atom. The van der Waals surface area contributed by atoms with E-state index in [1.807, 2.05) is 24.3 Å². The van der Waals surface area contributed by atoms with Gasteiger partial charge >= 0.3 is 6.03 Å². The highest BCUT2D eigenvalue weighted by Crippen LogP contribution is 2.33. The van der Waals surface area contributed by atoms with Gasteiger partial charge in [0.1, 0.15) is 5.75 Å². The van der Waals surface area contributed by atoms with Gasteiger partial charge in [-0.2, -0.15) is 0 Å². The third kappa shape index (κ3) is 4.94. The van der Waals surface area contributed by atoms with Crippen molar-refractivity contribution in [3.05, 3.63) is 48.0 Å². The number of rotatable bonds is 8. The SMILES string of the molecule is COc1ccccc1CCNC(=O)NC1CC(=O)N(c2ccc(OC)c(OC)c2)C1. The van der Waals surface area contributed by atoms with Crippen LogP contribution in [0, 0.1) is 0 Å². The molecule has 0 saturated carbocycles. The maximum atomic E-state index is 12.5. The topological polar surface area (TPSA) is 89.1 Å². The molecule has 0 aliphatic carbocycles. The summed E-state index contributed by atoms with van der Waals surface area (Å²) in [6.07, 6.45) is 0.896. The van der Waals surface area contributed by atoms with Gasteiger partial charge in [-0.3, -0.25) is 4.79 Å². The molecule has 0 radical (unpaired) electrons. The van der Waals surface area contributed by atoms with Crippen LogP contribution in [0.4, 0.5) is 10.5 Å². The number of ether oxygens (including phenoxy) is 3. The second-order valence-corrected chi connectivity index (χ2v) is 6.91. The Labute approximate surface area is 176 Å². The Morgan fingerprint density at radius 1 is 1.03 bits per heavy atom. The Bertz CT molecular complexity index is 902. The molecule has 160 valence electrons. The number of nitrogens with one attached hydrogen (secondary N) is 2. The van der Waals surface area contributed by atoms with E-state index < -0.39 is 0 Å². The summed E-state index contributed by atoms with van der Waals surface area (Å²) in [7, 11) is 4.73. The third-order valence-corrected chi connectivity index (χ3v) is 5.01. The van der Waals surface area contributed by atoms with Gasteiger partial charge in [0.25, 0.3) is 0 Å². The third-order valence-electron chi connectivity index (χ3n) is 5.01. The summed E-state index contributed by atoms with van der Waals surface area (Å²) in [4.78, 5) is 26.4. The minimum absolute atomic E-state index is 0.0541. The lowest BCUT2D eigenvalue weighted by molar-refractivity contribution is -0.117. The number of urea groups is 1. The van der Waals surface area contributed by atoms with Gasteiger partial charge in [-0.25, -0.2) is 4.79 Å². The van der Waals surface area contributed by atoms with Crippen molar-refractivity contribution in [2.24, 2.45) is 0 Å². The monoisotopic (exact) mass is 413 g/mol. The smallest absolute Gasteiger partial charge is 0.315 e. The predicted molar refractivity (Wildman–Crippen MR) is 114 cm³/mol. The minimum atomic E-state index is -0.295. The molecule has 8 nitrogen and oxygen atoms in total. The first-order valence-electron chi connectivity index (χ1n) is 9.74. The van der Waals surface area contributed by atoms with Gasteiger partial charge in [-0.1, -0.05) is 18.2 Å². The highest BCUT2D eigenvalue weighted by atomic mass is 16.5. The number of methoxy groups -OCH3 is 3. The molecule has 0 bridgehead atoms. The van der Waals surface area contributed by atoms with Gasteiger partial charge in [-0.15, -0.1) is 0 Å². The van der Waals surface area contributed by atoms with Crippen molar-refractivity contribution in [2.75, 3.05) is 39.3 Å². The van der Waals surface area contributed by atoms with E-state index in [9.17, 15) is 9.59 Å². The number of amides is 3. The van der Waals surface area contributed by atoms with E-state index >= 15 is 0 Å². The molecule has 2 aromatic rings. The predicted octanol–water partition coefficient (Wildman–Crippen LogP) is 2.36. The summed E-state index contributed by atoms with van der Waals surface area (Å²) in [5, 5.41) is 5.72. The molecule has 1 saturated heterocycles. The van der Waals surface area contributed by atoms with Crippen LogP contribution in [0.15, 0.2) is 42.5 Å². The van der Waals surface area contributed by atoms with E-state index in [4.69, 9.17) is 14.2 Å². The number of hydrogen-bond acceptors (Lipinski definition) is 5. The largest absolute Gasteiger partial charge is 0.496 e. The van der Waals surface area contributed by atoms with E-state index in [2.05, 4.69) is 10.6 Å². The number of nitrogens with zero attached hydrogens (tertiary/aromatic N) is 1. The fourth-order valence-corrected chi connectivity index (χ4v) is 3.50. The standard InChI is InChI=1S/C22H27N3O5/c1-28-18-7-5-4-6-15(18)10-11-23-22(27)24-16-12-21(26)25(14-16)17-8-9-19(29-2)20(13-17)30-3/h4-9,13,16H,10-12,14H2,1-3H3,(H2,23,24,27). The van der Waals surface area contributed by atoms with E-state index in [1.165, 1.54) is 0 Å². The zero-order chi connectivity index (χ0) is 21.5. The zero-order valence-corrected chi connectivity index (χ0v) is 17.4.